The number of likely N-dealkylation sites (tertiary alicyclic amines) is 1. The van der Waals surface area contributed by atoms with Gasteiger partial charge in [-0.15, -0.1) is 0 Å². The molecule has 4 rings (SSSR count). The fourth-order valence-electron chi connectivity index (χ4n) is 4.55. The number of fused-ring (bicyclic) bond motifs is 1. The highest BCUT2D eigenvalue weighted by Crippen LogP contribution is 2.28. The summed E-state index contributed by atoms with van der Waals surface area (Å²) in [5.74, 6) is 0.454. The molecule has 2 aromatic rings. The molecule has 2 amide bonds. The molecule has 6 nitrogen and oxygen atoms in total. The number of carbonyl (C=O) groups is 2. The molecule has 2 aromatic carbocycles. The fourth-order valence-corrected chi connectivity index (χ4v) is 4.55. The highest BCUT2D eigenvalue weighted by atomic mass is 16.5. The van der Waals surface area contributed by atoms with Crippen LogP contribution in [0.15, 0.2) is 48.5 Å². The lowest BCUT2D eigenvalue weighted by atomic mass is 10.0. The van der Waals surface area contributed by atoms with Gasteiger partial charge in [0, 0.05) is 30.3 Å². The highest BCUT2D eigenvalue weighted by Gasteiger charge is 2.29. The summed E-state index contributed by atoms with van der Waals surface area (Å²) in [5.41, 5.74) is 2.19. The number of anilines is 1. The Morgan fingerprint density at radius 2 is 2.00 bits per heavy atom. The SMILES string of the molecule is CCCCN1CCCCC1CNC(=O)c1cccc(NC(=O)C2Cc3ccccc3O2)c1. The molecule has 0 radical (unpaired) electrons. The molecule has 2 atom stereocenters. The number of unbranched alkanes of at least 4 members (excludes halogenated alkanes) is 1. The number of nitrogens with zero attached hydrogens (tertiary/aromatic N) is 1. The van der Waals surface area contributed by atoms with Crippen molar-refractivity contribution in [1.82, 2.24) is 10.2 Å². The van der Waals surface area contributed by atoms with Crippen LogP contribution in [0.3, 0.4) is 0 Å². The van der Waals surface area contributed by atoms with Crippen molar-refractivity contribution in [2.75, 3.05) is 25.0 Å². The summed E-state index contributed by atoms with van der Waals surface area (Å²) in [5, 5.41) is 6.00. The minimum absolute atomic E-state index is 0.105. The molecule has 6 heteroatoms. The summed E-state index contributed by atoms with van der Waals surface area (Å²) in [6.45, 7) is 5.10. The van der Waals surface area contributed by atoms with Gasteiger partial charge in [-0.25, -0.2) is 0 Å². The van der Waals surface area contributed by atoms with Gasteiger partial charge in [-0.05, 0) is 62.2 Å². The molecular formula is C26H33N3O3. The first-order chi connectivity index (χ1) is 15.6. The van der Waals surface area contributed by atoms with Gasteiger partial charge in [0.05, 0.1) is 0 Å². The molecule has 0 bridgehead atoms. The van der Waals surface area contributed by atoms with Crippen molar-refractivity contribution in [3.63, 3.8) is 0 Å². The molecular weight excluding hydrogens is 402 g/mol. The van der Waals surface area contributed by atoms with Gasteiger partial charge >= 0.3 is 0 Å². The van der Waals surface area contributed by atoms with E-state index in [9.17, 15) is 9.59 Å². The summed E-state index contributed by atoms with van der Waals surface area (Å²) >= 11 is 0. The maximum absolute atomic E-state index is 12.8. The zero-order valence-corrected chi connectivity index (χ0v) is 18.8. The van der Waals surface area contributed by atoms with E-state index < -0.39 is 6.10 Å². The Morgan fingerprint density at radius 3 is 2.84 bits per heavy atom. The Balaban J connectivity index is 1.31. The Morgan fingerprint density at radius 1 is 1.12 bits per heavy atom. The van der Waals surface area contributed by atoms with Gasteiger partial charge < -0.3 is 15.4 Å². The first kappa shape index (κ1) is 22.3. The van der Waals surface area contributed by atoms with Crippen LogP contribution in [0.5, 0.6) is 5.75 Å². The first-order valence-electron chi connectivity index (χ1n) is 11.8. The number of para-hydroxylation sites is 1. The van der Waals surface area contributed by atoms with Gasteiger partial charge in [0.1, 0.15) is 5.75 Å². The second-order valence-electron chi connectivity index (χ2n) is 8.74. The number of hydrogen-bond donors (Lipinski definition) is 2. The molecule has 170 valence electrons. The van der Waals surface area contributed by atoms with Crippen LogP contribution in [-0.2, 0) is 11.2 Å². The van der Waals surface area contributed by atoms with E-state index in [1.54, 1.807) is 24.3 Å². The molecule has 2 aliphatic heterocycles. The van der Waals surface area contributed by atoms with Crippen LogP contribution < -0.4 is 15.4 Å². The third kappa shape index (κ3) is 5.49. The predicted octanol–water partition coefficient (Wildman–Crippen LogP) is 4.01. The topological polar surface area (TPSA) is 70.7 Å². The van der Waals surface area contributed by atoms with E-state index in [4.69, 9.17) is 4.74 Å². The molecule has 2 aliphatic rings. The number of piperidine rings is 1. The lowest BCUT2D eigenvalue weighted by Gasteiger charge is -2.35. The van der Waals surface area contributed by atoms with E-state index in [-0.39, 0.29) is 11.8 Å². The van der Waals surface area contributed by atoms with Crippen molar-refractivity contribution in [1.29, 1.82) is 0 Å². The minimum atomic E-state index is -0.551. The number of carbonyl (C=O) groups excluding carboxylic acids is 2. The molecule has 2 unspecified atom stereocenters. The Bertz CT molecular complexity index is 920. The molecule has 0 saturated carbocycles. The summed E-state index contributed by atoms with van der Waals surface area (Å²) in [4.78, 5) is 28.0. The quantitative estimate of drug-likeness (QED) is 0.657. The molecule has 0 aliphatic carbocycles. The summed E-state index contributed by atoms with van der Waals surface area (Å²) < 4.78 is 5.77. The second kappa shape index (κ2) is 10.6. The maximum Gasteiger partial charge on any atom is 0.265 e. The van der Waals surface area contributed by atoms with Gasteiger partial charge in [0.2, 0.25) is 0 Å². The Kier molecular flexibility index (Phi) is 7.43. The third-order valence-corrected chi connectivity index (χ3v) is 6.38. The van der Waals surface area contributed by atoms with E-state index in [2.05, 4.69) is 22.5 Å². The average molecular weight is 436 g/mol. The van der Waals surface area contributed by atoms with Crippen LogP contribution in [-0.4, -0.2) is 48.5 Å². The van der Waals surface area contributed by atoms with Crippen molar-refractivity contribution in [3.05, 3.63) is 59.7 Å². The molecule has 32 heavy (non-hydrogen) atoms. The molecule has 1 saturated heterocycles. The maximum atomic E-state index is 12.8. The van der Waals surface area contributed by atoms with Crippen LogP contribution in [0.2, 0.25) is 0 Å². The van der Waals surface area contributed by atoms with E-state index in [1.807, 2.05) is 24.3 Å². The van der Waals surface area contributed by atoms with Gasteiger partial charge in [0.25, 0.3) is 11.8 Å². The average Bonchev–Trinajstić information content (AvgIpc) is 3.26. The van der Waals surface area contributed by atoms with Crippen molar-refractivity contribution >= 4 is 17.5 Å². The predicted molar refractivity (Wildman–Crippen MR) is 126 cm³/mol. The van der Waals surface area contributed by atoms with E-state index in [0.717, 1.165) is 30.8 Å². The molecule has 1 fully saturated rings. The lowest BCUT2D eigenvalue weighted by Crippen LogP contribution is -2.47. The van der Waals surface area contributed by atoms with Crippen molar-refractivity contribution in [3.8, 4) is 5.75 Å². The number of hydrogen-bond acceptors (Lipinski definition) is 4. The minimum Gasteiger partial charge on any atom is -0.480 e. The normalized spacial score (nSPS) is 20.3. The number of rotatable bonds is 8. The number of amides is 2. The zero-order chi connectivity index (χ0) is 22.3. The van der Waals surface area contributed by atoms with Crippen molar-refractivity contribution < 1.29 is 14.3 Å². The Labute approximate surface area is 190 Å². The largest absolute Gasteiger partial charge is 0.480 e. The van der Waals surface area contributed by atoms with Crippen LogP contribution in [0.25, 0.3) is 0 Å². The number of nitrogens with one attached hydrogen (secondary N) is 2. The van der Waals surface area contributed by atoms with Gasteiger partial charge in [0.15, 0.2) is 6.10 Å². The summed E-state index contributed by atoms with van der Waals surface area (Å²) in [7, 11) is 0. The van der Waals surface area contributed by atoms with Crippen LogP contribution in [0.1, 0.15) is 54.9 Å². The number of ether oxygens (including phenoxy) is 1. The highest BCUT2D eigenvalue weighted by molar-refractivity contribution is 5.98. The number of benzene rings is 2. The molecule has 0 spiro atoms. The van der Waals surface area contributed by atoms with E-state index in [0.29, 0.717) is 30.3 Å². The summed E-state index contributed by atoms with van der Waals surface area (Å²) in [6, 6.07) is 15.2. The van der Waals surface area contributed by atoms with Gasteiger partial charge in [-0.1, -0.05) is 44.0 Å². The van der Waals surface area contributed by atoms with Gasteiger partial charge in [-0.2, -0.15) is 0 Å². The third-order valence-electron chi connectivity index (χ3n) is 6.38. The lowest BCUT2D eigenvalue weighted by molar-refractivity contribution is -0.122. The standard InChI is InChI=1S/C26H33N3O3/c1-2-3-14-29-15-7-6-12-22(29)18-27-25(30)20-10-8-11-21(16-20)28-26(31)24-17-19-9-4-5-13-23(19)32-24/h4-5,8-11,13,16,22,24H,2-3,6-7,12,14-15,17-18H2,1H3,(H,27,30)(H,28,31). The second-order valence-corrected chi connectivity index (χ2v) is 8.74. The monoisotopic (exact) mass is 435 g/mol. The fraction of sp³-hybridized carbons (Fsp3) is 0.462. The molecule has 2 N–H and O–H groups in total. The van der Waals surface area contributed by atoms with Crippen LogP contribution in [0.4, 0.5) is 5.69 Å². The first-order valence-corrected chi connectivity index (χ1v) is 11.8. The molecule has 0 aromatic heterocycles. The van der Waals surface area contributed by atoms with Gasteiger partial charge in [-0.3, -0.25) is 14.5 Å². The molecule has 2 heterocycles. The zero-order valence-electron chi connectivity index (χ0n) is 18.8. The Hall–Kier alpha value is -2.86. The van der Waals surface area contributed by atoms with Crippen molar-refractivity contribution in [2.24, 2.45) is 0 Å². The van der Waals surface area contributed by atoms with E-state index >= 15 is 0 Å². The van der Waals surface area contributed by atoms with E-state index in [1.165, 1.54) is 25.7 Å². The van der Waals surface area contributed by atoms with Crippen LogP contribution >= 0.6 is 0 Å². The van der Waals surface area contributed by atoms with Crippen molar-refractivity contribution in [2.45, 2.75) is 57.6 Å². The van der Waals surface area contributed by atoms with Crippen LogP contribution in [0, 0.1) is 0 Å². The summed E-state index contributed by atoms with van der Waals surface area (Å²) in [6.07, 6.45) is 5.98. The smallest absolute Gasteiger partial charge is 0.265 e.